The van der Waals surface area contributed by atoms with E-state index in [9.17, 15) is 13.6 Å². The zero-order valence-electron chi connectivity index (χ0n) is 10.5. The minimum Gasteiger partial charge on any atom is -0.475 e. The van der Waals surface area contributed by atoms with Crippen LogP contribution < -0.4 is 10.1 Å². The van der Waals surface area contributed by atoms with Crippen molar-refractivity contribution in [2.45, 2.75) is 38.5 Å². The van der Waals surface area contributed by atoms with Crippen molar-refractivity contribution in [3.05, 3.63) is 29.3 Å². The second kappa shape index (κ2) is 5.52. The monoisotopic (exact) mass is 271 g/mol. The Bertz CT molecular complexity index is 466. The first-order valence-corrected chi connectivity index (χ1v) is 6.07. The maximum Gasteiger partial charge on any atom is 0.261 e. The molecular weight excluding hydrogens is 256 g/mol. The molecular formula is C13H15F2NO3. The normalized spacial score (nSPS) is 16.0. The van der Waals surface area contributed by atoms with Gasteiger partial charge in [-0.25, -0.2) is 8.78 Å². The lowest BCUT2D eigenvalue weighted by Crippen LogP contribution is -2.37. The fraction of sp³-hybridized carbons (Fsp3) is 0.462. The first-order valence-electron chi connectivity index (χ1n) is 6.07. The summed E-state index contributed by atoms with van der Waals surface area (Å²) in [5.41, 5.74) is 0.109. The van der Waals surface area contributed by atoms with Crippen molar-refractivity contribution in [3.63, 3.8) is 0 Å². The Morgan fingerprint density at radius 3 is 2.53 bits per heavy atom. The summed E-state index contributed by atoms with van der Waals surface area (Å²) in [6.45, 7) is 0.961. The van der Waals surface area contributed by atoms with E-state index in [-0.39, 0.29) is 11.6 Å². The summed E-state index contributed by atoms with van der Waals surface area (Å²) in [4.78, 5) is 11.6. The van der Waals surface area contributed by atoms with Gasteiger partial charge in [-0.15, -0.1) is 0 Å². The van der Waals surface area contributed by atoms with Crippen LogP contribution in [0.25, 0.3) is 0 Å². The van der Waals surface area contributed by atoms with Gasteiger partial charge in [0.25, 0.3) is 5.91 Å². The van der Waals surface area contributed by atoms with E-state index in [0.717, 1.165) is 25.0 Å². The van der Waals surface area contributed by atoms with Crippen LogP contribution in [-0.2, 0) is 11.4 Å². The average Bonchev–Trinajstić information content (AvgIpc) is 3.16. The van der Waals surface area contributed by atoms with Crippen molar-refractivity contribution in [3.8, 4) is 5.75 Å². The molecule has 0 radical (unpaired) electrons. The van der Waals surface area contributed by atoms with E-state index < -0.39 is 36.0 Å². The van der Waals surface area contributed by atoms with Crippen molar-refractivity contribution < 1.29 is 23.4 Å². The fourth-order valence-electron chi connectivity index (χ4n) is 1.59. The van der Waals surface area contributed by atoms with Gasteiger partial charge in [0.1, 0.15) is 0 Å². The Balaban J connectivity index is 2.07. The number of halogens is 2. The molecule has 0 heterocycles. The highest BCUT2D eigenvalue weighted by atomic mass is 19.1. The molecule has 1 aliphatic rings. The second-order valence-electron chi connectivity index (χ2n) is 4.59. The summed E-state index contributed by atoms with van der Waals surface area (Å²) in [5, 5.41) is 11.5. The minimum atomic E-state index is -0.982. The van der Waals surface area contributed by atoms with Crippen molar-refractivity contribution in [2.75, 3.05) is 0 Å². The van der Waals surface area contributed by atoms with Gasteiger partial charge in [0.2, 0.25) is 0 Å². The molecule has 2 N–H and O–H groups in total. The predicted octanol–water partition coefficient (Wildman–Crippen LogP) is 1.50. The number of nitrogens with one attached hydrogen (secondary N) is 1. The van der Waals surface area contributed by atoms with Crippen LogP contribution in [0.2, 0.25) is 0 Å². The van der Waals surface area contributed by atoms with Crippen molar-refractivity contribution in [1.29, 1.82) is 0 Å². The topological polar surface area (TPSA) is 58.6 Å². The van der Waals surface area contributed by atoms with Crippen LogP contribution in [0.1, 0.15) is 25.3 Å². The zero-order chi connectivity index (χ0) is 14.0. The molecule has 1 saturated carbocycles. The highest BCUT2D eigenvalue weighted by Crippen LogP contribution is 2.25. The number of amides is 1. The lowest BCUT2D eigenvalue weighted by molar-refractivity contribution is -0.127. The van der Waals surface area contributed by atoms with Crippen LogP contribution in [0.5, 0.6) is 5.75 Å². The van der Waals surface area contributed by atoms with Gasteiger partial charge in [-0.3, -0.25) is 4.79 Å². The molecule has 4 nitrogen and oxygen atoms in total. The molecule has 1 aliphatic carbocycles. The van der Waals surface area contributed by atoms with E-state index in [1.807, 2.05) is 0 Å². The molecule has 0 aliphatic heterocycles. The summed E-state index contributed by atoms with van der Waals surface area (Å²) in [6, 6.07) is 2.11. The van der Waals surface area contributed by atoms with Gasteiger partial charge in [-0.05, 0) is 37.5 Å². The van der Waals surface area contributed by atoms with E-state index in [1.165, 1.54) is 6.92 Å². The standard InChI is InChI=1S/C13H15F2NO3/c1-7(13(18)16-9-2-3-9)19-12-10(14)4-8(6-17)5-11(12)15/h4-5,7,9,17H,2-3,6H2,1H3,(H,16,18). The van der Waals surface area contributed by atoms with Crippen LogP contribution >= 0.6 is 0 Å². The number of benzene rings is 1. The Kier molecular flexibility index (Phi) is 3.99. The molecule has 19 heavy (non-hydrogen) atoms. The Morgan fingerprint density at radius 2 is 2.05 bits per heavy atom. The highest BCUT2D eigenvalue weighted by Gasteiger charge is 2.27. The van der Waals surface area contributed by atoms with E-state index >= 15 is 0 Å². The Hall–Kier alpha value is -1.69. The molecule has 1 aromatic rings. The largest absolute Gasteiger partial charge is 0.475 e. The smallest absolute Gasteiger partial charge is 0.261 e. The molecule has 6 heteroatoms. The summed E-state index contributed by atoms with van der Waals surface area (Å²) >= 11 is 0. The number of aliphatic hydroxyl groups excluding tert-OH is 1. The molecule has 1 unspecified atom stereocenters. The zero-order valence-corrected chi connectivity index (χ0v) is 10.5. The fourth-order valence-corrected chi connectivity index (χ4v) is 1.59. The van der Waals surface area contributed by atoms with Crippen LogP contribution in [-0.4, -0.2) is 23.2 Å². The van der Waals surface area contributed by atoms with Gasteiger partial charge >= 0.3 is 0 Å². The van der Waals surface area contributed by atoms with E-state index in [2.05, 4.69) is 5.32 Å². The van der Waals surface area contributed by atoms with Gasteiger partial charge in [0.05, 0.1) is 6.61 Å². The summed E-state index contributed by atoms with van der Waals surface area (Å²) in [7, 11) is 0. The van der Waals surface area contributed by atoms with Gasteiger partial charge in [0.15, 0.2) is 23.5 Å². The van der Waals surface area contributed by atoms with E-state index in [4.69, 9.17) is 9.84 Å². The van der Waals surface area contributed by atoms with Crippen molar-refractivity contribution in [1.82, 2.24) is 5.32 Å². The van der Waals surface area contributed by atoms with E-state index in [1.54, 1.807) is 0 Å². The molecule has 0 saturated heterocycles. The number of hydrogen-bond donors (Lipinski definition) is 2. The summed E-state index contributed by atoms with van der Waals surface area (Å²) < 4.78 is 32.2. The SMILES string of the molecule is CC(Oc1c(F)cc(CO)cc1F)C(=O)NC1CC1. The third kappa shape index (κ3) is 3.41. The third-order valence-corrected chi connectivity index (χ3v) is 2.83. The molecule has 1 amide bonds. The number of rotatable bonds is 5. The van der Waals surface area contributed by atoms with Crippen molar-refractivity contribution >= 4 is 5.91 Å². The van der Waals surface area contributed by atoms with Crippen LogP contribution in [0.4, 0.5) is 8.78 Å². The first kappa shape index (κ1) is 13.7. The van der Waals surface area contributed by atoms with Crippen LogP contribution in [0.3, 0.4) is 0 Å². The number of hydrogen-bond acceptors (Lipinski definition) is 3. The molecule has 0 aromatic heterocycles. The molecule has 1 atom stereocenters. The lowest BCUT2D eigenvalue weighted by atomic mass is 10.2. The number of ether oxygens (including phenoxy) is 1. The van der Waals surface area contributed by atoms with Crippen LogP contribution in [0, 0.1) is 11.6 Å². The predicted molar refractivity (Wildman–Crippen MR) is 63.5 cm³/mol. The number of carbonyl (C=O) groups excluding carboxylic acids is 1. The molecule has 0 spiro atoms. The van der Waals surface area contributed by atoms with E-state index in [0.29, 0.717) is 0 Å². The Labute approximate surface area is 109 Å². The minimum absolute atomic E-state index is 0.109. The Morgan fingerprint density at radius 1 is 1.47 bits per heavy atom. The summed E-state index contributed by atoms with van der Waals surface area (Å²) in [5.74, 6) is -2.87. The third-order valence-electron chi connectivity index (χ3n) is 2.83. The molecule has 104 valence electrons. The maximum absolute atomic E-state index is 13.6. The highest BCUT2D eigenvalue weighted by molar-refractivity contribution is 5.81. The van der Waals surface area contributed by atoms with Crippen LogP contribution in [0.15, 0.2) is 12.1 Å². The van der Waals surface area contributed by atoms with Crippen molar-refractivity contribution in [2.24, 2.45) is 0 Å². The molecule has 0 bridgehead atoms. The van der Waals surface area contributed by atoms with Gasteiger partial charge < -0.3 is 15.2 Å². The molecule has 1 fully saturated rings. The molecule has 1 aromatic carbocycles. The molecule has 2 rings (SSSR count). The second-order valence-corrected chi connectivity index (χ2v) is 4.59. The van der Waals surface area contributed by atoms with Gasteiger partial charge in [-0.2, -0.15) is 0 Å². The summed E-state index contributed by atoms with van der Waals surface area (Å²) in [6.07, 6.45) is 0.864. The van der Waals surface area contributed by atoms with Gasteiger partial charge in [0, 0.05) is 6.04 Å². The quantitative estimate of drug-likeness (QED) is 0.853. The van der Waals surface area contributed by atoms with Gasteiger partial charge in [-0.1, -0.05) is 0 Å². The average molecular weight is 271 g/mol. The first-order chi connectivity index (χ1) is 9.01. The number of carbonyl (C=O) groups is 1. The number of aliphatic hydroxyl groups is 1. The lowest BCUT2D eigenvalue weighted by Gasteiger charge is -2.16. The maximum atomic E-state index is 13.6.